The number of aliphatic carboxylic acids is 1. The van der Waals surface area contributed by atoms with E-state index in [4.69, 9.17) is 5.11 Å². The van der Waals surface area contributed by atoms with Gasteiger partial charge in [-0.25, -0.2) is 8.42 Å². The predicted molar refractivity (Wildman–Crippen MR) is 82.8 cm³/mol. The molecule has 0 saturated carbocycles. The zero-order valence-corrected chi connectivity index (χ0v) is 13.4. The number of sulfone groups is 1. The predicted octanol–water partition coefficient (Wildman–Crippen LogP) is 3.05. The Bertz CT molecular complexity index is 769. The van der Waals surface area contributed by atoms with Crippen molar-refractivity contribution in [3.8, 4) is 0 Å². The third-order valence-corrected chi connectivity index (χ3v) is 5.65. The molecule has 0 unspecified atom stereocenters. The lowest BCUT2D eigenvalue weighted by Gasteiger charge is -2.10. The van der Waals surface area contributed by atoms with E-state index in [2.05, 4.69) is 15.9 Å². The molecular formula is C15H13BrO4S. The van der Waals surface area contributed by atoms with Crippen molar-refractivity contribution in [1.82, 2.24) is 0 Å². The lowest BCUT2D eigenvalue weighted by molar-refractivity contribution is -0.136. The molecule has 6 heteroatoms. The molecule has 0 heterocycles. The summed E-state index contributed by atoms with van der Waals surface area (Å²) in [5.74, 6) is -1.21. The van der Waals surface area contributed by atoms with E-state index in [1.165, 1.54) is 6.07 Å². The van der Waals surface area contributed by atoms with Gasteiger partial charge in [0, 0.05) is 4.47 Å². The molecule has 1 N–H and O–H groups in total. The van der Waals surface area contributed by atoms with E-state index in [1.807, 2.05) is 0 Å². The minimum Gasteiger partial charge on any atom is -0.481 e. The Balaban J connectivity index is 2.38. The molecule has 0 radical (unpaired) electrons. The molecule has 0 aliphatic carbocycles. The van der Waals surface area contributed by atoms with E-state index in [1.54, 1.807) is 42.5 Å². The Labute approximate surface area is 131 Å². The summed E-state index contributed by atoms with van der Waals surface area (Å²) in [6.45, 7) is 0. The largest absolute Gasteiger partial charge is 0.481 e. The first-order valence-corrected chi connectivity index (χ1v) is 8.60. The van der Waals surface area contributed by atoms with Crippen molar-refractivity contribution in [2.24, 2.45) is 0 Å². The van der Waals surface area contributed by atoms with Crippen LogP contribution in [-0.2, 0) is 26.8 Å². The van der Waals surface area contributed by atoms with Crippen molar-refractivity contribution < 1.29 is 18.3 Å². The van der Waals surface area contributed by atoms with Gasteiger partial charge in [-0.1, -0.05) is 36.4 Å². The van der Waals surface area contributed by atoms with Crippen LogP contribution in [0.25, 0.3) is 0 Å². The first kappa shape index (κ1) is 15.7. The summed E-state index contributed by atoms with van der Waals surface area (Å²) in [6.07, 6.45) is -0.193. The maximum Gasteiger partial charge on any atom is 0.307 e. The minimum atomic E-state index is -3.54. The van der Waals surface area contributed by atoms with E-state index >= 15 is 0 Å². The van der Waals surface area contributed by atoms with Crippen LogP contribution in [0.2, 0.25) is 0 Å². The number of rotatable bonds is 5. The molecule has 21 heavy (non-hydrogen) atoms. The van der Waals surface area contributed by atoms with Gasteiger partial charge in [-0.2, -0.15) is 0 Å². The molecule has 2 aromatic rings. The van der Waals surface area contributed by atoms with Crippen LogP contribution >= 0.6 is 15.9 Å². The van der Waals surface area contributed by atoms with Gasteiger partial charge in [0.15, 0.2) is 9.84 Å². The quantitative estimate of drug-likeness (QED) is 0.880. The molecule has 0 aliphatic rings. The van der Waals surface area contributed by atoms with Gasteiger partial charge in [-0.15, -0.1) is 0 Å². The lowest BCUT2D eigenvalue weighted by Crippen LogP contribution is -2.10. The number of halogens is 1. The van der Waals surface area contributed by atoms with Gasteiger partial charge in [0.1, 0.15) is 0 Å². The van der Waals surface area contributed by atoms with Crippen molar-refractivity contribution in [3.05, 3.63) is 64.1 Å². The van der Waals surface area contributed by atoms with Crippen molar-refractivity contribution in [2.45, 2.75) is 17.1 Å². The van der Waals surface area contributed by atoms with Crippen molar-refractivity contribution in [1.29, 1.82) is 0 Å². The second kappa shape index (κ2) is 6.41. The standard InChI is InChI=1S/C15H13BrO4S/c16-13-7-3-4-8-14(13)21(19,20)10-12-6-2-1-5-11(12)9-15(17)18/h1-8H,9-10H2,(H,17,18). The number of benzene rings is 2. The third kappa shape index (κ3) is 3.92. The molecule has 0 bridgehead atoms. The second-order valence-electron chi connectivity index (χ2n) is 4.53. The van der Waals surface area contributed by atoms with Crippen LogP contribution in [0, 0.1) is 0 Å². The summed E-state index contributed by atoms with van der Waals surface area (Å²) >= 11 is 3.23. The highest BCUT2D eigenvalue weighted by atomic mass is 79.9. The molecule has 0 aromatic heterocycles. The number of carboxylic acid groups (broad SMARTS) is 1. The Morgan fingerprint density at radius 2 is 1.57 bits per heavy atom. The summed E-state index contributed by atoms with van der Waals surface area (Å²) in [7, 11) is -3.54. The molecule has 0 saturated heterocycles. The Hall–Kier alpha value is -1.66. The fraction of sp³-hybridized carbons (Fsp3) is 0.133. The van der Waals surface area contributed by atoms with Crippen LogP contribution in [0.15, 0.2) is 57.9 Å². The van der Waals surface area contributed by atoms with Crippen LogP contribution in [0.1, 0.15) is 11.1 Å². The van der Waals surface area contributed by atoms with Crippen molar-refractivity contribution >= 4 is 31.7 Å². The van der Waals surface area contributed by atoms with Crippen LogP contribution in [0.3, 0.4) is 0 Å². The zero-order valence-electron chi connectivity index (χ0n) is 11.0. The highest BCUT2D eigenvalue weighted by molar-refractivity contribution is 9.10. The van der Waals surface area contributed by atoms with E-state index < -0.39 is 15.8 Å². The van der Waals surface area contributed by atoms with E-state index in [-0.39, 0.29) is 17.1 Å². The fourth-order valence-corrected chi connectivity index (χ4v) is 4.54. The van der Waals surface area contributed by atoms with Gasteiger partial charge >= 0.3 is 5.97 Å². The van der Waals surface area contributed by atoms with Gasteiger partial charge in [0.2, 0.25) is 0 Å². The molecule has 0 fully saturated rings. The molecule has 0 aliphatic heterocycles. The maximum absolute atomic E-state index is 12.5. The van der Waals surface area contributed by atoms with Crippen LogP contribution < -0.4 is 0 Å². The highest BCUT2D eigenvalue weighted by Crippen LogP contribution is 2.25. The normalized spacial score (nSPS) is 11.3. The molecule has 0 spiro atoms. The van der Waals surface area contributed by atoms with Crippen molar-refractivity contribution in [3.63, 3.8) is 0 Å². The van der Waals surface area contributed by atoms with E-state index in [9.17, 15) is 13.2 Å². The number of carboxylic acids is 1. The average Bonchev–Trinajstić information content (AvgIpc) is 2.40. The number of hydrogen-bond acceptors (Lipinski definition) is 3. The summed E-state index contributed by atoms with van der Waals surface area (Å²) in [5, 5.41) is 8.89. The number of carbonyl (C=O) groups is 1. The Kier molecular flexibility index (Phi) is 4.80. The van der Waals surface area contributed by atoms with Gasteiger partial charge in [-0.3, -0.25) is 4.79 Å². The molecule has 0 amide bonds. The van der Waals surface area contributed by atoms with E-state index in [0.29, 0.717) is 15.6 Å². The van der Waals surface area contributed by atoms with Crippen LogP contribution in [-0.4, -0.2) is 19.5 Å². The van der Waals surface area contributed by atoms with Crippen LogP contribution in [0.5, 0.6) is 0 Å². The molecule has 110 valence electrons. The van der Waals surface area contributed by atoms with E-state index in [0.717, 1.165) is 0 Å². The molecular weight excluding hydrogens is 356 g/mol. The summed E-state index contributed by atoms with van der Waals surface area (Å²) in [4.78, 5) is 11.1. The zero-order chi connectivity index (χ0) is 15.5. The molecule has 2 aromatic carbocycles. The summed E-state index contributed by atoms with van der Waals surface area (Å²) < 4.78 is 25.5. The van der Waals surface area contributed by atoms with Crippen LogP contribution in [0.4, 0.5) is 0 Å². The fourth-order valence-electron chi connectivity index (χ4n) is 2.01. The van der Waals surface area contributed by atoms with Gasteiger partial charge in [0.25, 0.3) is 0 Å². The average molecular weight is 369 g/mol. The Morgan fingerprint density at radius 3 is 2.19 bits per heavy atom. The third-order valence-electron chi connectivity index (χ3n) is 2.98. The minimum absolute atomic E-state index is 0.193. The SMILES string of the molecule is O=C(O)Cc1ccccc1CS(=O)(=O)c1ccccc1Br. The lowest BCUT2D eigenvalue weighted by atomic mass is 10.1. The number of hydrogen-bond donors (Lipinski definition) is 1. The topological polar surface area (TPSA) is 71.4 Å². The maximum atomic E-state index is 12.5. The monoisotopic (exact) mass is 368 g/mol. The first-order valence-electron chi connectivity index (χ1n) is 6.16. The Morgan fingerprint density at radius 1 is 1.00 bits per heavy atom. The second-order valence-corrected chi connectivity index (χ2v) is 7.34. The summed E-state index contributed by atoms with van der Waals surface area (Å²) in [5.41, 5.74) is 1.02. The smallest absolute Gasteiger partial charge is 0.307 e. The molecule has 4 nitrogen and oxygen atoms in total. The molecule has 2 rings (SSSR count). The first-order chi connectivity index (χ1) is 9.90. The summed E-state index contributed by atoms with van der Waals surface area (Å²) in [6, 6.07) is 13.3. The molecule has 0 atom stereocenters. The van der Waals surface area contributed by atoms with Gasteiger partial charge in [0.05, 0.1) is 17.1 Å². The highest BCUT2D eigenvalue weighted by Gasteiger charge is 2.20. The van der Waals surface area contributed by atoms with Crippen molar-refractivity contribution in [2.75, 3.05) is 0 Å². The van der Waals surface area contributed by atoms with Gasteiger partial charge in [-0.05, 0) is 39.2 Å². The van der Waals surface area contributed by atoms with Gasteiger partial charge < -0.3 is 5.11 Å².